The molecule has 0 aliphatic rings. The van der Waals surface area contributed by atoms with E-state index in [0.717, 1.165) is 5.56 Å². The van der Waals surface area contributed by atoms with Crippen LogP contribution in [0.25, 0.3) is 0 Å². The molecule has 0 fully saturated rings. The van der Waals surface area contributed by atoms with Gasteiger partial charge in [0.1, 0.15) is 11.7 Å². The molecule has 0 saturated carbocycles. The van der Waals surface area contributed by atoms with E-state index >= 15 is 0 Å². The maximum absolute atomic E-state index is 13.6. The Hall–Kier alpha value is -1.42. The molecule has 0 unspecified atom stereocenters. The monoisotopic (exact) mass is 223 g/mol. The normalized spacial score (nSPS) is 12.8. The number of hydrazine groups is 1. The van der Waals surface area contributed by atoms with Crippen molar-refractivity contribution in [1.29, 1.82) is 0 Å². The minimum absolute atomic E-state index is 0.308. The molecule has 88 valence electrons. The standard InChI is InChI=1S/C12H18FN3/c1-8-5-6-10(13)9(7-8)11(16-14)15-12(2,3)4/h5-7H,14H2,1-4H3,(H,15,16). The van der Waals surface area contributed by atoms with Crippen LogP contribution < -0.4 is 11.3 Å². The maximum atomic E-state index is 13.6. The summed E-state index contributed by atoms with van der Waals surface area (Å²) >= 11 is 0. The van der Waals surface area contributed by atoms with Crippen LogP contribution in [0.1, 0.15) is 31.9 Å². The van der Waals surface area contributed by atoms with E-state index in [9.17, 15) is 4.39 Å². The van der Waals surface area contributed by atoms with E-state index < -0.39 is 0 Å². The molecule has 0 aliphatic carbocycles. The smallest absolute Gasteiger partial charge is 0.146 e. The van der Waals surface area contributed by atoms with E-state index in [1.165, 1.54) is 6.07 Å². The molecule has 16 heavy (non-hydrogen) atoms. The maximum Gasteiger partial charge on any atom is 0.146 e. The van der Waals surface area contributed by atoms with E-state index in [0.29, 0.717) is 11.4 Å². The first-order valence-electron chi connectivity index (χ1n) is 5.16. The third kappa shape index (κ3) is 3.31. The summed E-state index contributed by atoms with van der Waals surface area (Å²) in [5.41, 5.74) is 3.51. The number of amidine groups is 1. The quantitative estimate of drug-likeness (QED) is 0.332. The van der Waals surface area contributed by atoms with Crippen molar-refractivity contribution in [2.24, 2.45) is 10.8 Å². The zero-order chi connectivity index (χ0) is 12.3. The minimum atomic E-state index is -0.327. The molecule has 1 aromatic rings. The largest absolute Gasteiger partial charge is 0.308 e. The van der Waals surface area contributed by atoms with Crippen molar-refractivity contribution < 1.29 is 4.39 Å². The second kappa shape index (κ2) is 4.61. The van der Waals surface area contributed by atoms with Crippen LogP contribution in [0, 0.1) is 12.7 Å². The second-order valence-electron chi connectivity index (χ2n) is 4.76. The van der Waals surface area contributed by atoms with Gasteiger partial charge in [-0.25, -0.2) is 10.2 Å². The third-order valence-electron chi connectivity index (χ3n) is 1.96. The number of nitrogens with two attached hydrogens (primary N) is 1. The van der Waals surface area contributed by atoms with Gasteiger partial charge in [-0.3, -0.25) is 4.99 Å². The number of nitrogens with zero attached hydrogens (tertiary/aromatic N) is 1. The fourth-order valence-corrected chi connectivity index (χ4v) is 1.33. The molecule has 0 spiro atoms. The van der Waals surface area contributed by atoms with Crippen molar-refractivity contribution in [3.05, 3.63) is 35.1 Å². The highest BCUT2D eigenvalue weighted by atomic mass is 19.1. The highest BCUT2D eigenvalue weighted by molar-refractivity contribution is 5.99. The van der Waals surface area contributed by atoms with Gasteiger partial charge in [-0.2, -0.15) is 0 Å². The van der Waals surface area contributed by atoms with Crippen molar-refractivity contribution >= 4 is 5.84 Å². The first-order chi connectivity index (χ1) is 7.33. The molecule has 0 bridgehead atoms. The van der Waals surface area contributed by atoms with Crippen LogP contribution in [0.2, 0.25) is 0 Å². The van der Waals surface area contributed by atoms with E-state index in [4.69, 9.17) is 5.84 Å². The Morgan fingerprint density at radius 2 is 2.00 bits per heavy atom. The van der Waals surface area contributed by atoms with Crippen LogP contribution >= 0.6 is 0 Å². The Balaban J connectivity index is 3.24. The third-order valence-corrected chi connectivity index (χ3v) is 1.96. The molecular formula is C12H18FN3. The average molecular weight is 223 g/mol. The van der Waals surface area contributed by atoms with Crippen LogP contribution in [0.3, 0.4) is 0 Å². The van der Waals surface area contributed by atoms with Crippen LogP contribution in [0.4, 0.5) is 4.39 Å². The van der Waals surface area contributed by atoms with Crippen molar-refractivity contribution in [3.8, 4) is 0 Å². The van der Waals surface area contributed by atoms with Gasteiger partial charge in [0, 0.05) is 0 Å². The van der Waals surface area contributed by atoms with Gasteiger partial charge < -0.3 is 5.43 Å². The van der Waals surface area contributed by atoms with E-state index in [-0.39, 0.29) is 11.4 Å². The van der Waals surface area contributed by atoms with Crippen molar-refractivity contribution in [2.75, 3.05) is 0 Å². The van der Waals surface area contributed by atoms with Crippen molar-refractivity contribution in [3.63, 3.8) is 0 Å². The molecule has 0 heterocycles. The first-order valence-corrected chi connectivity index (χ1v) is 5.16. The molecule has 0 saturated heterocycles. The fourth-order valence-electron chi connectivity index (χ4n) is 1.33. The molecule has 0 aromatic heterocycles. The van der Waals surface area contributed by atoms with E-state index in [2.05, 4.69) is 10.4 Å². The van der Waals surface area contributed by atoms with Gasteiger partial charge in [0.15, 0.2) is 0 Å². The average Bonchev–Trinajstić information content (AvgIpc) is 2.17. The molecule has 3 nitrogen and oxygen atoms in total. The number of aliphatic imine (C=N–C) groups is 1. The van der Waals surface area contributed by atoms with Gasteiger partial charge in [0.2, 0.25) is 0 Å². The van der Waals surface area contributed by atoms with Gasteiger partial charge in [0.25, 0.3) is 0 Å². The Bertz CT molecular complexity index is 405. The molecule has 0 atom stereocenters. The summed E-state index contributed by atoms with van der Waals surface area (Å²) < 4.78 is 13.6. The number of hydrogen-bond donors (Lipinski definition) is 2. The molecule has 0 aliphatic heterocycles. The number of halogens is 1. The van der Waals surface area contributed by atoms with Crippen molar-refractivity contribution in [2.45, 2.75) is 33.2 Å². The summed E-state index contributed by atoms with van der Waals surface area (Å²) in [5.74, 6) is 5.43. The summed E-state index contributed by atoms with van der Waals surface area (Å²) in [5, 5.41) is 0. The topological polar surface area (TPSA) is 50.4 Å². The summed E-state index contributed by atoms with van der Waals surface area (Å²) in [6.07, 6.45) is 0. The summed E-state index contributed by atoms with van der Waals surface area (Å²) in [6, 6.07) is 4.85. The Kier molecular flexibility index (Phi) is 3.65. The predicted molar refractivity (Wildman–Crippen MR) is 64.8 cm³/mol. The Labute approximate surface area is 95.5 Å². The summed E-state index contributed by atoms with van der Waals surface area (Å²) in [7, 11) is 0. The molecular weight excluding hydrogens is 205 g/mol. The van der Waals surface area contributed by atoms with Crippen LogP contribution in [-0.4, -0.2) is 11.4 Å². The van der Waals surface area contributed by atoms with E-state index in [1.54, 1.807) is 12.1 Å². The van der Waals surface area contributed by atoms with Gasteiger partial charge >= 0.3 is 0 Å². The minimum Gasteiger partial charge on any atom is -0.308 e. The molecule has 0 radical (unpaired) electrons. The Morgan fingerprint density at radius 1 is 1.38 bits per heavy atom. The zero-order valence-electron chi connectivity index (χ0n) is 10.1. The van der Waals surface area contributed by atoms with Gasteiger partial charge in [-0.05, 0) is 39.8 Å². The van der Waals surface area contributed by atoms with Crippen LogP contribution in [0.5, 0.6) is 0 Å². The fraction of sp³-hybridized carbons (Fsp3) is 0.417. The van der Waals surface area contributed by atoms with Crippen LogP contribution in [-0.2, 0) is 0 Å². The number of aryl methyl sites for hydroxylation is 1. The lowest BCUT2D eigenvalue weighted by molar-refractivity contribution is 0.577. The van der Waals surface area contributed by atoms with Crippen LogP contribution in [0.15, 0.2) is 23.2 Å². The molecule has 0 amide bonds. The lowest BCUT2D eigenvalue weighted by atomic mass is 10.1. The highest BCUT2D eigenvalue weighted by Gasteiger charge is 2.14. The molecule has 1 rings (SSSR count). The van der Waals surface area contributed by atoms with Crippen molar-refractivity contribution in [1.82, 2.24) is 5.43 Å². The molecule has 1 aromatic carbocycles. The second-order valence-corrected chi connectivity index (χ2v) is 4.76. The summed E-state index contributed by atoms with van der Waals surface area (Å²) in [4.78, 5) is 4.34. The lowest BCUT2D eigenvalue weighted by Gasteiger charge is -2.16. The zero-order valence-corrected chi connectivity index (χ0v) is 10.1. The number of benzene rings is 1. The number of hydrogen-bond acceptors (Lipinski definition) is 2. The number of rotatable bonds is 1. The Morgan fingerprint density at radius 3 is 2.50 bits per heavy atom. The predicted octanol–water partition coefficient (Wildman–Crippen LogP) is 2.14. The highest BCUT2D eigenvalue weighted by Crippen LogP contribution is 2.14. The SMILES string of the molecule is Cc1ccc(F)c(C(=NC(C)(C)C)NN)c1. The van der Waals surface area contributed by atoms with Gasteiger partial charge in [-0.15, -0.1) is 0 Å². The number of nitrogens with one attached hydrogen (secondary N) is 1. The molecule has 4 heteroatoms. The van der Waals surface area contributed by atoms with E-state index in [1.807, 2.05) is 27.7 Å². The van der Waals surface area contributed by atoms with Gasteiger partial charge in [0.05, 0.1) is 11.1 Å². The summed E-state index contributed by atoms with van der Waals surface area (Å²) in [6.45, 7) is 7.68. The molecule has 3 N–H and O–H groups in total. The van der Waals surface area contributed by atoms with Gasteiger partial charge in [-0.1, -0.05) is 11.6 Å². The lowest BCUT2D eigenvalue weighted by Crippen LogP contribution is -2.34. The first kappa shape index (κ1) is 12.6.